The first kappa shape index (κ1) is 14.4. The summed E-state index contributed by atoms with van der Waals surface area (Å²) in [7, 11) is 0. The van der Waals surface area contributed by atoms with Crippen molar-refractivity contribution < 1.29 is 23.8 Å². The van der Waals surface area contributed by atoms with Crippen LogP contribution in [-0.4, -0.2) is 47.3 Å². The summed E-state index contributed by atoms with van der Waals surface area (Å²) in [6.45, 7) is 5.07. The molecule has 0 aliphatic carbocycles. The van der Waals surface area contributed by atoms with E-state index in [-0.39, 0.29) is 30.5 Å². The molecule has 110 valence electrons. The zero-order chi connectivity index (χ0) is 14.7. The van der Waals surface area contributed by atoms with E-state index in [9.17, 15) is 9.59 Å². The maximum absolute atomic E-state index is 12.0. The highest BCUT2D eigenvalue weighted by atomic mass is 16.5. The van der Waals surface area contributed by atoms with Gasteiger partial charge in [0.25, 0.3) is 0 Å². The molecule has 0 saturated carbocycles. The number of hydrogen-bond acceptors (Lipinski definition) is 4. The molecule has 0 spiro atoms. The average molecular weight is 282 g/mol. The molecule has 1 aliphatic heterocycles. The van der Waals surface area contributed by atoms with Gasteiger partial charge in [0.1, 0.15) is 5.76 Å². The number of rotatable bonds is 3. The van der Waals surface area contributed by atoms with E-state index in [1.54, 1.807) is 4.90 Å². The number of morpholine rings is 1. The Labute approximate surface area is 116 Å². The average Bonchev–Trinajstić information content (AvgIpc) is 2.83. The van der Waals surface area contributed by atoms with Crippen LogP contribution in [0.2, 0.25) is 0 Å². The van der Waals surface area contributed by atoms with Crippen LogP contribution in [0.3, 0.4) is 0 Å². The van der Waals surface area contributed by atoms with Gasteiger partial charge in [0.15, 0.2) is 0 Å². The van der Waals surface area contributed by atoms with Gasteiger partial charge in [-0.25, -0.2) is 9.59 Å². The molecule has 20 heavy (non-hydrogen) atoms. The number of furan rings is 1. The summed E-state index contributed by atoms with van der Waals surface area (Å²) in [5, 5.41) is 11.4. The molecule has 2 rings (SSSR count). The highest BCUT2D eigenvalue weighted by Crippen LogP contribution is 2.11. The van der Waals surface area contributed by atoms with E-state index in [1.165, 1.54) is 12.1 Å². The molecule has 1 aliphatic rings. The third-order valence-corrected chi connectivity index (χ3v) is 2.99. The van der Waals surface area contributed by atoms with Crippen molar-refractivity contribution in [3.05, 3.63) is 23.7 Å². The number of ether oxygens (including phenoxy) is 1. The van der Waals surface area contributed by atoms with Crippen molar-refractivity contribution in [3.63, 3.8) is 0 Å². The Bertz CT molecular complexity index is 489. The Hall–Kier alpha value is -2.02. The first-order valence-corrected chi connectivity index (χ1v) is 6.46. The summed E-state index contributed by atoms with van der Waals surface area (Å²) in [5.41, 5.74) is 0. The quantitative estimate of drug-likeness (QED) is 0.871. The smallest absolute Gasteiger partial charge is 0.371 e. The van der Waals surface area contributed by atoms with E-state index in [1.807, 2.05) is 13.8 Å². The topological polar surface area (TPSA) is 92.0 Å². The van der Waals surface area contributed by atoms with Crippen LogP contribution >= 0.6 is 0 Å². The number of carbonyl (C=O) groups is 2. The van der Waals surface area contributed by atoms with E-state index < -0.39 is 5.97 Å². The van der Waals surface area contributed by atoms with Crippen molar-refractivity contribution in [1.82, 2.24) is 10.2 Å². The fourth-order valence-electron chi connectivity index (χ4n) is 2.21. The van der Waals surface area contributed by atoms with E-state index in [2.05, 4.69) is 5.32 Å². The zero-order valence-electron chi connectivity index (χ0n) is 11.5. The van der Waals surface area contributed by atoms with Crippen molar-refractivity contribution in [2.24, 2.45) is 0 Å². The van der Waals surface area contributed by atoms with Gasteiger partial charge in [0, 0.05) is 13.1 Å². The lowest BCUT2D eigenvalue weighted by Gasteiger charge is -2.35. The molecule has 2 N–H and O–H groups in total. The number of carbonyl (C=O) groups excluding carboxylic acids is 1. The number of carboxylic acid groups (broad SMARTS) is 1. The van der Waals surface area contributed by atoms with Crippen LogP contribution in [0.1, 0.15) is 30.2 Å². The lowest BCUT2D eigenvalue weighted by molar-refractivity contribution is -0.0545. The van der Waals surface area contributed by atoms with E-state index in [0.717, 1.165) is 0 Å². The number of carboxylic acids is 1. The molecule has 1 aromatic rings. The second kappa shape index (κ2) is 5.96. The number of hydrogen-bond donors (Lipinski definition) is 2. The van der Waals surface area contributed by atoms with Gasteiger partial charge >= 0.3 is 12.0 Å². The number of amides is 2. The van der Waals surface area contributed by atoms with Crippen LogP contribution in [0, 0.1) is 0 Å². The molecule has 7 heteroatoms. The van der Waals surface area contributed by atoms with Gasteiger partial charge in [-0.3, -0.25) is 0 Å². The summed E-state index contributed by atoms with van der Waals surface area (Å²) in [4.78, 5) is 24.4. The van der Waals surface area contributed by atoms with Gasteiger partial charge in [-0.1, -0.05) is 0 Å². The monoisotopic (exact) mass is 282 g/mol. The van der Waals surface area contributed by atoms with Crippen molar-refractivity contribution in [2.45, 2.75) is 32.6 Å². The summed E-state index contributed by atoms with van der Waals surface area (Å²) in [6.07, 6.45) is 0.0125. The molecule has 1 fully saturated rings. The zero-order valence-corrected chi connectivity index (χ0v) is 11.5. The minimum atomic E-state index is -1.13. The molecule has 2 amide bonds. The van der Waals surface area contributed by atoms with Crippen molar-refractivity contribution in [2.75, 3.05) is 13.1 Å². The van der Waals surface area contributed by atoms with Gasteiger partial charge in [-0.2, -0.15) is 0 Å². The highest BCUT2D eigenvalue weighted by molar-refractivity contribution is 5.84. The third kappa shape index (κ3) is 3.51. The normalized spacial score (nSPS) is 22.6. The van der Waals surface area contributed by atoms with Gasteiger partial charge in [0.05, 0.1) is 18.8 Å². The molecule has 2 heterocycles. The van der Waals surface area contributed by atoms with Gasteiger partial charge in [-0.05, 0) is 26.0 Å². The third-order valence-electron chi connectivity index (χ3n) is 2.99. The summed E-state index contributed by atoms with van der Waals surface area (Å²) in [6, 6.07) is 2.69. The Balaban J connectivity index is 1.86. The highest BCUT2D eigenvalue weighted by Gasteiger charge is 2.25. The summed E-state index contributed by atoms with van der Waals surface area (Å²) < 4.78 is 10.6. The van der Waals surface area contributed by atoms with E-state index in [0.29, 0.717) is 18.8 Å². The molecule has 1 saturated heterocycles. The van der Waals surface area contributed by atoms with E-state index in [4.69, 9.17) is 14.3 Å². The largest absolute Gasteiger partial charge is 0.475 e. The van der Waals surface area contributed by atoms with Gasteiger partial charge in [-0.15, -0.1) is 0 Å². The molecule has 1 aromatic heterocycles. The maximum Gasteiger partial charge on any atom is 0.371 e. The van der Waals surface area contributed by atoms with E-state index >= 15 is 0 Å². The minimum Gasteiger partial charge on any atom is -0.475 e. The lowest BCUT2D eigenvalue weighted by Crippen LogP contribution is -2.51. The lowest BCUT2D eigenvalue weighted by atomic mass is 10.2. The first-order valence-electron chi connectivity index (χ1n) is 6.46. The van der Waals surface area contributed by atoms with Crippen LogP contribution < -0.4 is 5.32 Å². The second-order valence-corrected chi connectivity index (χ2v) is 4.89. The molecule has 7 nitrogen and oxygen atoms in total. The van der Waals surface area contributed by atoms with Crippen molar-refractivity contribution in [3.8, 4) is 0 Å². The van der Waals surface area contributed by atoms with Crippen LogP contribution in [0.15, 0.2) is 16.5 Å². The summed E-state index contributed by atoms with van der Waals surface area (Å²) in [5.74, 6) is -0.855. The summed E-state index contributed by atoms with van der Waals surface area (Å²) >= 11 is 0. The predicted molar refractivity (Wildman–Crippen MR) is 69.5 cm³/mol. The molecular weight excluding hydrogens is 264 g/mol. The Morgan fingerprint density at radius 3 is 2.55 bits per heavy atom. The second-order valence-electron chi connectivity index (χ2n) is 4.89. The fourth-order valence-corrected chi connectivity index (χ4v) is 2.21. The molecule has 2 unspecified atom stereocenters. The molecular formula is C13H18N2O5. The predicted octanol–water partition coefficient (Wildman–Crippen LogP) is 1.30. The number of aromatic carboxylic acids is 1. The standard InChI is InChI=1S/C13H18N2O5/c1-8-6-15(7-9(2)19-8)13(18)14-5-10-3-4-11(20-10)12(16)17/h3-4,8-9H,5-7H2,1-2H3,(H,14,18)(H,16,17). The SMILES string of the molecule is CC1CN(C(=O)NCc2ccc(C(=O)O)o2)CC(C)O1. The van der Waals surface area contributed by atoms with Crippen LogP contribution in [-0.2, 0) is 11.3 Å². The Morgan fingerprint density at radius 2 is 2.00 bits per heavy atom. The number of nitrogens with one attached hydrogen (secondary N) is 1. The Kier molecular flexibility index (Phi) is 4.29. The molecule has 2 atom stereocenters. The molecule has 0 bridgehead atoms. The van der Waals surface area contributed by atoms with Crippen LogP contribution in [0.4, 0.5) is 4.79 Å². The van der Waals surface area contributed by atoms with Crippen LogP contribution in [0.25, 0.3) is 0 Å². The fraction of sp³-hybridized carbons (Fsp3) is 0.538. The Morgan fingerprint density at radius 1 is 1.35 bits per heavy atom. The molecule has 0 aromatic carbocycles. The van der Waals surface area contributed by atoms with Crippen molar-refractivity contribution in [1.29, 1.82) is 0 Å². The van der Waals surface area contributed by atoms with Crippen LogP contribution in [0.5, 0.6) is 0 Å². The number of nitrogens with zero attached hydrogens (tertiary/aromatic N) is 1. The maximum atomic E-state index is 12.0. The van der Waals surface area contributed by atoms with Gasteiger partial charge in [0.2, 0.25) is 5.76 Å². The first-order chi connectivity index (χ1) is 9.45. The van der Waals surface area contributed by atoms with Crippen molar-refractivity contribution >= 4 is 12.0 Å². The minimum absolute atomic E-state index is 0.00623. The van der Waals surface area contributed by atoms with Gasteiger partial charge < -0.3 is 24.5 Å². The molecule has 0 radical (unpaired) electrons. The number of urea groups is 1.